The molecule has 0 aliphatic carbocycles. The first kappa shape index (κ1) is 19.2. The molecule has 0 aromatic heterocycles. The van der Waals surface area contributed by atoms with E-state index in [0.29, 0.717) is 23.2 Å². The molecule has 0 unspecified atom stereocenters. The molecule has 0 saturated carbocycles. The maximum atomic E-state index is 12.5. The van der Waals surface area contributed by atoms with Crippen LogP contribution in [0.4, 0.5) is 0 Å². The average Bonchev–Trinajstić information content (AvgIpc) is 2.64. The Morgan fingerprint density at radius 3 is 1.92 bits per heavy atom. The minimum atomic E-state index is -1.05. The van der Waals surface area contributed by atoms with Gasteiger partial charge in [-0.15, -0.1) is 0 Å². The minimum Gasteiger partial charge on any atom is -0.478 e. The van der Waals surface area contributed by atoms with Crippen LogP contribution in [0.1, 0.15) is 34.6 Å². The van der Waals surface area contributed by atoms with Crippen LogP contribution in [-0.2, 0) is 4.79 Å². The van der Waals surface area contributed by atoms with E-state index in [1.54, 1.807) is 56.3 Å². The standard InChI is InChI=1S/C20H22N2O4/c1-13(2)18(23)21-11-12-22-19(24)16-9-5-3-7-14(16)15-8-4-6-10-17(15)20(25)26/h3-10,13H,11-12H2,1-2H3,(H,21,23)(H,22,24)(H,25,26). The van der Waals surface area contributed by atoms with Crippen molar-refractivity contribution in [1.82, 2.24) is 10.6 Å². The predicted octanol–water partition coefficient (Wildman–Crippen LogP) is 2.55. The highest BCUT2D eigenvalue weighted by molar-refractivity contribution is 6.04. The van der Waals surface area contributed by atoms with Crippen molar-refractivity contribution >= 4 is 17.8 Å². The highest BCUT2D eigenvalue weighted by Crippen LogP contribution is 2.27. The first-order valence-corrected chi connectivity index (χ1v) is 8.39. The van der Waals surface area contributed by atoms with Gasteiger partial charge in [0.2, 0.25) is 5.91 Å². The molecule has 26 heavy (non-hydrogen) atoms. The van der Waals surface area contributed by atoms with Gasteiger partial charge in [-0.25, -0.2) is 4.79 Å². The van der Waals surface area contributed by atoms with E-state index >= 15 is 0 Å². The van der Waals surface area contributed by atoms with Crippen LogP contribution in [0.5, 0.6) is 0 Å². The van der Waals surface area contributed by atoms with Crippen LogP contribution >= 0.6 is 0 Å². The summed E-state index contributed by atoms with van der Waals surface area (Å²) >= 11 is 0. The van der Waals surface area contributed by atoms with Gasteiger partial charge in [0.15, 0.2) is 0 Å². The Bertz CT molecular complexity index is 815. The van der Waals surface area contributed by atoms with Crippen molar-refractivity contribution in [3.05, 3.63) is 59.7 Å². The summed E-state index contributed by atoms with van der Waals surface area (Å²) in [5.74, 6) is -1.55. The lowest BCUT2D eigenvalue weighted by Gasteiger charge is -2.13. The summed E-state index contributed by atoms with van der Waals surface area (Å²) in [6.07, 6.45) is 0. The van der Waals surface area contributed by atoms with Crippen LogP contribution in [0.25, 0.3) is 11.1 Å². The number of rotatable bonds is 7. The van der Waals surface area contributed by atoms with Gasteiger partial charge in [0, 0.05) is 24.6 Å². The largest absolute Gasteiger partial charge is 0.478 e. The lowest BCUT2D eigenvalue weighted by Crippen LogP contribution is -2.36. The Kier molecular flexibility index (Phi) is 6.49. The second-order valence-electron chi connectivity index (χ2n) is 6.10. The first-order valence-electron chi connectivity index (χ1n) is 8.39. The number of carbonyl (C=O) groups excluding carboxylic acids is 2. The molecule has 0 spiro atoms. The number of carbonyl (C=O) groups is 3. The van der Waals surface area contributed by atoms with Gasteiger partial charge in [-0.05, 0) is 23.3 Å². The summed E-state index contributed by atoms with van der Waals surface area (Å²) < 4.78 is 0. The monoisotopic (exact) mass is 354 g/mol. The third-order valence-corrected chi connectivity index (χ3v) is 3.85. The van der Waals surface area contributed by atoms with Crippen LogP contribution < -0.4 is 10.6 Å². The van der Waals surface area contributed by atoms with Gasteiger partial charge in [0.25, 0.3) is 5.91 Å². The van der Waals surface area contributed by atoms with E-state index in [1.807, 2.05) is 0 Å². The number of benzene rings is 2. The fraction of sp³-hybridized carbons (Fsp3) is 0.250. The average molecular weight is 354 g/mol. The molecule has 0 fully saturated rings. The molecule has 0 radical (unpaired) electrons. The quantitative estimate of drug-likeness (QED) is 0.666. The van der Waals surface area contributed by atoms with Crippen LogP contribution in [-0.4, -0.2) is 36.0 Å². The molecule has 3 N–H and O–H groups in total. The van der Waals surface area contributed by atoms with Crippen molar-refractivity contribution in [1.29, 1.82) is 0 Å². The maximum absolute atomic E-state index is 12.5. The number of carboxylic acids is 1. The van der Waals surface area contributed by atoms with Crippen LogP contribution in [0, 0.1) is 5.92 Å². The van der Waals surface area contributed by atoms with Crippen molar-refractivity contribution in [2.45, 2.75) is 13.8 Å². The summed E-state index contributed by atoms with van der Waals surface area (Å²) in [5, 5.41) is 14.9. The van der Waals surface area contributed by atoms with E-state index in [4.69, 9.17) is 0 Å². The van der Waals surface area contributed by atoms with Crippen molar-refractivity contribution in [3.8, 4) is 11.1 Å². The van der Waals surface area contributed by atoms with Crippen LogP contribution in [0.15, 0.2) is 48.5 Å². The van der Waals surface area contributed by atoms with Crippen LogP contribution in [0.2, 0.25) is 0 Å². The van der Waals surface area contributed by atoms with Gasteiger partial charge in [0.1, 0.15) is 0 Å². The molecule has 6 heteroatoms. The van der Waals surface area contributed by atoms with E-state index in [0.717, 1.165) is 0 Å². The second-order valence-corrected chi connectivity index (χ2v) is 6.10. The third-order valence-electron chi connectivity index (χ3n) is 3.85. The number of amides is 2. The molecule has 136 valence electrons. The van der Waals surface area contributed by atoms with Gasteiger partial charge >= 0.3 is 5.97 Å². The number of hydrogen-bond donors (Lipinski definition) is 3. The lowest BCUT2D eigenvalue weighted by atomic mass is 9.95. The molecule has 2 rings (SSSR count). The summed E-state index contributed by atoms with van der Waals surface area (Å²) in [6, 6.07) is 13.4. The summed E-state index contributed by atoms with van der Waals surface area (Å²) in [7, 11) is 0. The fourth-order valence-corrected chi connectivity index (χ4v) is 2.48. The Hall–Kier alpha value is -3.15. The molecule has 0 saturated heterocycles. The normalized spacial score (nSPS) is 10.4. The SMILES string of the molecule is CC(C)C(=O)NCCNC(=O)c1ccccc1-c1ccccc1C(=O)O. The Morgan fingerprint density at radius 1 is 0.846 bits per heavy atom. The highest BCUT2D eigenvalue weighted by Gasteiger charge is 2.17. The summed E-state index contributed by atoms with van der Waals surface area (Å²) in [5.41, 5.74) is 1.56. The van der Waals surface area contributed by atoms with Crippen molar-refractivity contribution in [3.63, 3.8) is 0 Å². The van der Waals surface area contributed by atoms with Gasteiger partial charge in [-0.3, -0.25) is 9.59 Å². The molecular formula is C20H22N2O4. The molecule has 0 bridgehead atoms. The number of carboxylic acid groups (broad SMARTS) is 1. The zero-order valence-electron chi connectivity index (χ0n) is 14.8. The third kappa shape index (κ3) is 4.69. The number of aromatic carboxylic acids is 1. The van der Waals surface area contributed by atoms with Gasteiger partial charge in [0.05, 0.1) is 5.56 Å². The minimum absolute atomic E-state index is 0.0740. The highest BCUT2D eigenvalue weighted by atomic mass is 16.4. The van der Waals surface area contributed by atoms with Gasteiger partial charge < -0.3 is 15.7 Å². The molecule has 0 atom stereocenters. The molecule has 0 aliphatic rings. The summed E-state index contributed by atoms with van der Waals surface area (Å²) in [6.45, 7) is 4.21. The van der Waals surface area contributed by atoms with Crippen molar-refractivity contribution in [2.24, 2.45) is 5.92 Å². The molecular weight excluding hydrogens is 332 g/mol. The molecule has 0 aliphatic heterocycles. The van der Waals surface area contributed by atoms with E-state index < -0.39 is 5.97 Å². The smallest absolute Gasteiger partial charge is 0.336 e. The van der Waals surface area contributed by atoms with Crippen molar-refractivity contribution < 1.29 is 19.5 Å². The lowest BCUT2D eigenvalue weighted by molar-refractivity contribution is -0.123. The second kappa shape index (κ2) is 8.80. The Morgan fingerprint density at radius 2 is 1.35 bits per heavy atom. The molecule has 2 aromatic rings. The zero-order valence-corrected chi connectivity index (χ0v) is 14.8. The topological polar surface area (TPSA) is 95.5 Å². The molecule has 2 aromatic carbocycles. The molecule has 0 heterocycles. The van der Waals surface area contributed by atoms with Crippen molar-refractivity contribution in [2.75, 3.05) is 13.1 Å². The Labute approximate surface area is 152 Å². The number of nitrogens with one attached hydrogen (secondary N) is 2. The predicted molar refractivity (Wildman–Crippen MR) is 99.0 cm³/mol. The number of hydrogen-bond acceptors (Lipinski definition) is 3. The van der Waals surface area contributed by atoms with Gasteiger partial charge in [-0.2, -0.15) is 0 Å². The van der Waals surface area contributed by atoms with Gasteiger partial charge in [-0.1, -0.05) is 50.2 Å². The van der Waals surface area contributed by atoms with E-state index in [-0.39, 0.29) is 29.8 Å². The fourth-order valence-electron chi connectivity index (χ4n) is 2.48. The maximum Gasteiger partial charge on any atom is 0.336 e. The van der Waals surface area contributed by atoms with E-state index in [2.05, 4.69) is 10.6 Å². The Balaban J connectivity index is 2.16. The summed E-state index contributed by atoms with van der Waals surface area (Å²) in [4.78, 5) is 35.5. The molecule has 2 amide bonds. The first-order chi connectivity index (χ1) is 12.4. The van der Waals surface area contributed by atoms with Crippen LogP contribution in [0.3, 0.4) is 0 Å². The van der Waals surface area contributed by atoms with E-state index in [9.17, 15) is 19.5 Å². The molecule has 6 nitrogen and oxygen atoms in total. The van der Waals surface area contributed by atoms with E-state index in [1.165, 1.54) is 6.07 Å². The zero-order chi connectivity index (χ0) is 19.1.